The van der Waals surface area contributed by atoms with Crippen molar-refractivity contribution in [3.05, 3.63) is 17.7 Å². The molecule has 0 radical (unpaired) electrons. The van der Waals surface area contributed by atoms with E-state index in [1.807, 2.05) is 6.20 Å². The molecule has 1 saturated carbocycles. The third kappa shape index (κ3) is 2.60. The average molecular weight is 275 g/mol. The fourth-order valence-electron chi connectivity index (χ4n) is 3.40. The van der Waals surface area contributed by atoms with E-state index in [-0.39, 0.29) is 0 Å². The zero-order chi connectivity index (χ0) is 14.3. The van der Waals surface area contributed by atoms with E-state index in [2.05, 4.69) is 35.2 Å². The molecule has 1 unspecified atom stereocenters. The summed E-state index contributed by atoms with van der Waals surface area (Å²) in [6.45, 7) is 8.40. The summed E-state index contributed by atoms with van der Waals surface area (Å²) in [7, 11) is 0. The molecule has 3 rings (SSSR count). The Morgan fingerprint density at radius 3 is 2.80 bits per heavy atom. The Hall–Kier alpha value is -1.32. The number of aryl methyl sites for hydroxylation is 1. The molecule has 2 aliphatic rings. The van der Waals surface area contributed by atoms with Crippen LogP contribution in [0.5, 0.6) is 0 Å². The van der Waals surface area contributed by atoms with Gasteiger partial charge in [0.25, 0.3) is 0 Å². The molecule has 2 heterocycles. The van der Waals surface area contributed by atoms with E-state index in [0.29, 0.717) is 23.8 Å². The van der Waals surface area contributed by atoms with E-state index in [4.69, 9.17) is 0 Å². The molecule has 110 valence electrons. The van der Waals surface area contributed by atoms with Gasteiger partial charge in [-0.05, 0) is 46.0 Å². The standard InChI is InChI=1S/C16H25N3O/c1-11(2)19-12(3)9-17-15(19)8-13-6-7-18(10-13)16(20)14-4-5-14/h9,11,13-14H,4-8,10H2,1-3H3. The Balaban J connectivity index is 1.63. The van der Waals surface area contributed by atoms with Crippen molar-refractivity contribution in [2.45, 2.75) is 52.5 Å². The van der Waals surface area contributed by atoms with Crippen molar-refractivity contribution in [3.8, 4) is 0 Å². The Morgan fingerprint density at radius 1 is 1.40 bits per heavy atom. The van der Waals surface area contributed by atoms with E-state index >= 15 is 0 Å². The maximum absolute atomic E-state index is 12.1. The molecule has 0 aromatic carbocycles. The van der Waals surface area contributed by atoms with E-state index in [1.54, 1.807) is 0 Å². The summed E-state index contributed by atoms with van der Waals surface area (Å²) in [5.41, 5.74) is 1.24. The van der Waals surface area contributed by atoms with Crippen LogP contribution in [0.25, 0.3) is 0 Å². The lowest BCUT2D eigenvalue weighted by molar-refractivity contribution is -0.131. The fourth-order valence-corrected chi connectivity index (χ4v) is 3.40. The Morgan fingerprint density at radius 2 is 2.15 bits per heavy atom. The minimum absolute atomic E-state index is 0.355. The largest absolute Gasteiger partial charge is 0.342 e. The number of imidazole rings is 1. The molecule has 4 heteroatoms. The van der Waals surface area contributed by atoms with Crippen LogP contribution in [0, 0.1) is 18.8 Å². The highest BCUT2D eigenvalue weighted by atomic mass is 16.2. The van der Waals surface area contributed by atoms with Gasteiger partial charge in [-0.2, -0.15) is 0 Å². The second-order valence-electron chi connectivity index (χ2n) is 6.70. The van der Waals surface area contributed by atoms with Crippen LogP contribution in [-0.2, 0) is 11.2 Å². The molecular formula is C16H25N3O. The highest BCUT2D eigenvalue weighted by molar-refractivity contribution is 5.81. The van der Waals surface area contributed by atoms with Crippen molar-refractivity contribution in [2.24, 2.45) is 11.8 Å². The summed E-state index contributed by atoms with van der Waals surface area (Å²) >= 11 is 0. The minimum atomic E-state index is 0.355. The first-order chi connectivity index (χ1) is 9.56. The lowest BCUT2D eigenvalue weighted by Crippen LogP contribution is -2.30. The van der Waals surface area contributed by atoms with Crippen molar-refractivity contribution in [3.63, 3.8) is 0 Å². The molecule has 20 heavy (non-hydrogen) atoms. The monoisotopic (exact) mass is 275 g/mol. The molecule has 0 N–H and O–H groups in total. The number of aromatic nitrogens is 2. The van der Waals surface area contributed by atoms with E-state index in [0.717, 1.165) is 38.8 Å². The molecule has 4 nitrogen and oxygen atoms in total. The molecule has 1 aliphatic carbocycles. The van der Waals surface area contributed by atoms with E-state index in [1.165, 1.54) is 11.5 Å². The van der Waals surface area contributed by atoms with Gasteiger partial charge in [-0.1, -0.05) is 0 Å². The summed E-state index contributed by atoms with van der Waals surface area (Å²) < 4.78 is 2.32. The molecule has 1 amide bonds. The number of amides is 1. The summed E-state index contributed by atoms with van der Waals surface area (Å²) in [5, 5.41) is 0. The number of carbonyl (C=O) groups excluding carboxylic acids is 1. The number of hydrogen-bond acceptors (Lipinski definition) is 2. The van der Waals surface area contributed by atoms with Crippen molar-refractivity contribution in [2.75, 3.05) is 13.1 Å². The molecular weight excluding hydrogens is 250 g/mol. The van der Waals surface area contributed by atoms with Gasteiger partial charge in [-0.15, -0.1) is 0 Å². The molecule has 1 saturated heterocycles. The Labute approximate surface area is 121 Å². The molecule has 2 fully saturated rings. The van der Waals surface area contributed by atoms with Gasteiger partial charge >= 0.3 is 0 Å². The fraction of sp³-hybridized carbons (Fsp3) is 0.750. The van der Waals surface area contributed by atoms with Crippen LogP contribution < -0.4 is 0 Å². The Kier molecular flexibility index (Phi) is 3.57. The summed E-state index contributed by atoms with van der Waals surface area (Å²) in [6, 6.07) is 0.457. The third-order valence-electron chi connectivity index (χ3n) is 4.57. The molecule has 1 aromatic heterocycles. The summed E-state index contributed by atoms with van der Waals surface area (Å²) in [5.74, 6) is 2.52. The maximum atomic E-state index is 12.1. The van der Waals surface area contributed by atoms with Gasteiger partial charge in [0.05, 0.1) is 0 Å². The van der Waals surface area contributed by atoms with Crippen LogP contribution in [0.1, 0.15) is 50.7 Å². The average Bonchev–Trinajstić information content (AvgIpc) is 3.04. The minimum Gasteiger partial charge on any atom is -0.342 e. The maximum Gasteiger partial charge on any atom is 0.225 e. The first-order valence-electron chi connectivity index (χ1n) is 7.87. The van der Waals surface area contributed by atoms with E-state index < -0.39 is 0 Å². The quantitative estimate of drug-likeness (QED) is 0.847. The first kappa shape index (κ1) is 13.7. The number of hydrogen-bond donors (Lipinski definition) is 0. The zero-order valence-corrected chi connectivity index (χ0v) is 12.8. The number of nitrogens with zero attached hydrogens (tertiary/aromatic N) is 3. The third-order valence-corrected chi connectivity index (χ3v) is 4.57. The smallest absolute Gasteiger partial charge is 0.225 e. The highest BCUT2D eigenvalue weighted by Gasteiger charge is 2.36. The summed E-state index contributed by atoms with van der Waals surface area (Å²) in [4.78, 5) is 18.7. The van der Waals surface area contributed by atoms with Crippen LogP contribution in [0.2, 0.25) is 0 Å². The predicted octanol–water partition coefficient (Wildman–Crippen LogP) is 2.57. The van der Waals surface area contributed by atoms with Crippen molar-refractivity contribution in [1.29, 1.82) is 0 Å². The molecule has 0 spiro atoms. The number of carbonyl (C=O) groups is 1. The molecule has 1 atom stereocenters. The molecule has 0 bridgehead atoms. The number of rotatable bonds is 4. The van der Waals surface area contributed by atoms with Gasteiger partial charge in [0.1, 0.15) is 5.82 Å². The van der Waals surface area contributed by atoms with Gasteiger partial charge in [0.2, 0.25) is 5.91 Å². The highest BCUT2D eigenvalue weighted by Crippen LogP contribution is 2.33. The second-order valence-corrected chi connectivity index (χ2v) is 6.70. The Bertz CT molecular complexity index is 502. The van der Waals surface area contributed by atoms with Gasteiger partial charge in [0.15, 0.2) is 0 Å². The topological polar surface area (TPSA) is 38.1 Å². The van der Waals surface area contributed by atoms with Gasteiger partial charge in [-0.3, -0.25) is 4.79 Å². The lowest BCUT2D eigenvalue weighted by atomic mass is 10.0. The molecule has 1 aliphatic heterocycles. The van der Waals surface area contributed by atoms with Crippen LogP contribution in [-0.4, -0.2) is 33.4 Å². The van der Waals surface area contributed by atoms with Crippen LogP contribution in [0.3, 0.4) is 0 Å². The predicted molar refractivity (Wildman–Crippen MR) is 78.5 cm³/mol. The normalized spacial score (nSPS) is 22.8. The second kappa shape index (κ2) is 5.23. The number of likely N-dealkylation sites (tertiary alicyclic amines) is 1. The van der Waals surface area contributed by atoms with Crippen molar-refractivity contribution >= 4 is 5.91 Å². The SMILES string of the molecule is Cc1cnc(CC2CCN(C(=O)C3CC3)C2)n1C(C)C. The first-order valence-corrected chi connectivity index (χ1v) is 7.87. The van der Waals surface area contributed by atoms with Crippen LogP contribution in [0.15, 0.2) is 6.20 Å². The molecule has 1 aromatic rings. The van der Waals surface area contributed by atoms with Gasteiger partial charge < -0.3 is 9.47 Å². The lowest BCUT2D eigenvalue weighted by Gasteiger charge is -2.18. The van der Waals surface area contributed by atoms with Gasteiger partial charge in [-0.25, -0.2) is 4.98 Å². The zero-order valence-electron chi connectivity index (χ0n) is 12.8. The summed E-state index contributed by atoms with van der Waals surface area (Å²) in [6.07, 6.45) is 6.31. The van der Waals surface area contributed by atoms with Gasteiger partial charge in [0, 0.05) is 43.4 Å². The van der Waals surface area contributed by atoms with Crippen molar-refractivity contribution < 1.29 is 4.79 Å². The van der Waals surface area contributed by atoms with Crippen LogP contribution >= 0.6 is 0 Å². The van der Waals surface area contributed by atoms with Crippen LogP contribution in [0.4, 0.5) is 0 Å². The van der Waals surface area contributed by atoms with Crippen molar-refractivity contribution in [1.82, 2.24) is 14.5 Å². The van der Waals surface area contributed by atoms with E-state index in [9.17, 15) is 4.79 Å².